The highest BCUT2D eigenvalue weighted by molar-refractivity contribution is 6.19. The van der Waals surface area contributed by atoms with Gasteiger partial charge in [-0.3, -0.25) is 9.59 Å². The summed E-state index contributed by atoms with van der Waals surface area (Å²) >= 11 is 0. The molecule has 0 amide bonds. The van der Waals surface area contributed by atoms with E-state index in [9.17, 15) is 9.59 Å². The fourth-order valence-corrected chi connectivity index (χ4v) is 2.44. The summed E-state index contributed by atoms with van der Waals surface area (Å²) in [5.74, 6) is -0.321. The van der Waals surface area contributed by atoms with Crippen molar-refractivity contribution in [3.63, 3.8) is 0 Å². The molecule has 2 nitrogen and oxygen atoms in total. The van der Waals surface area contributed by atoms with Crippen LogP contribution in [-0.2, 0) is 6.42 Å². The number of hydrogen-bond donors (Lipinski definition) is 0. The van der Waals surface area contributed by atoms with E-state index in [0.29, 0.717) is 23.1 Å². The number of carbonyl (C=O) groups is 2. The topological polar surface area (TPSA) is 34.1 Å². The maximum atomic E-state index is 12.9. The molecule has 0 aromatic heterocycles. The summed E-state index contributed by atoms with van der Waals surface area (Å²) in [6.07, 6.45) is 1.95. The van der Waals surface area contributed by atoms with Gasteiger partial charge in [-0.1, -0.05) is 56.0 Å². The Hall–Kier alpha value is -2.48. The van der Waals surface area contributed by atoms with Crippen LogP contribution in [0.3, 0.4) is 0 Å². The molecule has 0 heterocycles. The number of rotatable bonds is 5. The van der Waals surface area contributed by atoms with Crippen molar-refractivity contribution in [3.05, 3.63) is 82.9 Å². The molecule has 0 aliphatic rings. The van der Waals surface area contributed by atoms with Crippen LogP contribution in [0.1, 0.15) is 44.3 Å². The Labute approximate surface area is 125 Å². The van der Waals surface area contributed by atoms with Crippen molar-refractivity contribution in [3.8, 4) is 0 Å². The van der Waals surface area contributed by atoms with Crippen LogP contribution in [0, 0.1) is 6.92 Å². The Balaban J connectivity index is 2.67. The molecule has 0 spiro atoms. The van der Waals surface area contributed by atoms with Gasteiger partial charge in [0.15, 0.2) is 11.6 Å². The van der Waals surface area contributed by atoms with E-state index in [1.807, 2.05) is 44.2 Å². The van der Waals surface area contributed by atoms with E-state index in [0.717, 1.165) is 11.1 Å². The average molecular weight is 278 g/mol. The zero-order chi connectivity index (χ0) is 15.4. The fourth-order valence-electron chi connectivity index (χ4n) is 2.44. The standard InChI is InChI=1S/C19H18O2/c1-4-14-10-8-12-16(17(20)5-2)18(14)19(21)15-11-7-6-9-13(15)3/h5-12H,2,4H2,1,3H3. The predicted molar refractivity (Wildman–Crippen MR) is 85.0 cm³/mol. The van der Waals surface area contributed by atoms with Crippen LogP contribution in [0.4, 0.5) is 0 Å². The number of allylic oxidation sites excluding steroid dienone is 1. The lowest BCUT2D eigenvalue weighted by Gasteiger charge is -2.12. The van der Waals surface area contributed by atoms with Gasteiger partial charge in [0, 0.05) is 16.7 Å². The second-order valence-electron chi connectivity index (χ2n) is 4.91. The molecule has 0 fully saturated rings. The van der Waals surface area contributed by atoms with Crippen LogP contribution < -0.4 is 0 Å². The molecule has 0 bridgehead atoms. The van der Waals surface area contributed by atoms with Crippen LogP contribution in [0.5, 0.6) is 0 Å². The van der Waals surface area contributed by atoms with Crippen LogP contribution >= 0.6 is 0 Å². The minimum atomic E-state index is -0.220. The van der Waals surface area contributed by atoms with E-state index in [4.69, 9.17) is 0 Å². The smallest absolute Gasteiger partial charge is 0.194 e. The van der Waals surface area contributed by atoms with E-state index in [1.165, 1.54) is 6.08 Å². The zero-order valence-electron chi connectivity index (χ0n) is 12.3. The predicted octanol–water partition coefficient (Wildman–Crippen LogP) is 4.16. The van der Waals surface area contributed by atoms with Gasteiger partial charge in [-0.2, -0.15) is 0 Å². The van der Waals surface area contributed by atoms with Gasteiger partial charge >= 0.3 is 0 Å². The van der Waals surface area contributed by atoms with Gasteiger partial charge in [-0.15, -0.1) is 0 Å². The van der Waals surface area contributed by atoms with Gasteiger partial charge in [-0.05, 0) is 30.5 Å². The second-order valence-corrected chi connectivity index (χ2v) is 4.91. The molecule has 21 heavy (non-hydrogen) atoms. The van der Waals surface area contributed by atoms with Crippen LogP contribution in [0.2, 0.25) is 0 Å². The summed E-state index contributed by atoms with van der Waals surface area (Å²) in [7, 11) is 0. The fraction of sp³-hybridized carbons (Fsp3) is 0.158. The van der Waals surface area contributed by atoms with Gasteiger partial charge < -0.3 is 0 Å². The van der Waals surface area contributed by atoms with Crippen molar-refractivity contribution in [2.75, 3.05) is 0 Å². The molecule has 106 valence electrons. The number of hydrogen-bond acceptors (Lipinski definition) is 2. The molecular weight excluding hydrogens is 260 g/mol. The molecule has 0 aliphatic heterocycles. The van der Waals surface area contributed by atoms with Crippen LogP contribution in [-0.4, -0.2) is 11.6 Å². The maximum absolute atomic E-state index is 12.9. The summed E-state index contributed by atoms with van der Waals surface area (Å²) in [6, 6.07) is 12.8. The zero-order valence-corrected chi connectivity index (χ0v) is 12.3. The third kappa shape index (κ3) is 2.84. The summed E-state index contributed by atoms with van der Waals surface area (Å²) < 4.78 is 0. The second kappa shape index (κ2) is 6.31. The van der Waals surface area contributed by atoms with Crippen molar-refractivity contribution in [1.29, 1.82) is 0 Å². The molecule has 2 heteroatoms. The molecule has 0 saturated carbocycles. The molecular formula is C19H18O2. The minimum absolute atomic E-state index is 0.101. The molecule has 0 N–H and O–H groups in total. The van der Waals surface area contributed by atoms with Crippen molar-refractivity contribution in [1.82, 2.24) is 0 Å². The Bertz CT molecular complexity index is 711. The molecule has 0 atom stereocenters. The quantitative estimate of drug-likeness (QED) is 0.608. The number of benzene rings is 2. The first-order chi connectivity index (χ1) is 10.1. The molecule has 2 aromatic rings. The first-order valence-corrected chi connectivity index (χ1v) is 6.99. The van der Waals surface area contributed by atoms with Crippen LogP contribution in [0.15, 0.2) is 55.1 Å². The first-order valence-electron chi connectivity index (χ1n) is 6.99. The molecule has 0 unspecified atom stereocenters. The average Bonchev–Trinajstić information content (AvgIpc) is 2.53. The van der Waals surface area contributed by atoms with Crippen LogP contribution in [0.25, 0.3) is 0 Å². The number of ketones is 2. The molecule has 2 rings (SSSR count). The Morgan fingerprint density at radius 3 is 2.33 bits per heavy atom. The van der Waals surface area contributed by atoms with E-state index in [-0.39, 0.29) is 11.6 Å². The molecule has 0 aliphatic carbocycles. The normalized spacial score (nSPS) is 10.2. The Kier molecular flexibility index (Phi) is 4.49. The first kappa shape index (κ1) is 14.9. The highest BCUT2D eigenvalue weighted by Crippen LogP contribution is 2.22. The van der Waals surface area contributed by atoms with Gasteiger partial charge in [0.2, 0.25) is 0 Å². The van der Waals surface area contributed by atoms with Gasteiger partial charge in [0.1, 0.15) is 0 Å². The van der Waals surface area contributed by atoms with Crippen molar-refractivity contribution in [2.45, 2.75) is 20.3 Å². The highest BCUT2D eigenvalue weighted by atomic mass is 16.1. The number of aryl methyl sites for hydroxylation is 2. The van der Waals surface area contributed by atoms with E-state index >= 15 is 0 Å². The lowest BCUT2D eigenvalue weighted by molar-refractivity contribution is 0.101. The maximum Gasteiger partial charge on any atom is 0.194 e. The summed E-state index contributed by atoms with van der Waals surface area (Å²) in [6.45, 7) is 7.40. The Morgan fingerprint density at radius 2 is 1.71 bits per heavy atom. The largest absolute Gasteiger partial charge is 0.289 e. The molecule has 2 aromatic carbocycles. The van der Waals surface area contributed by atoms with Crippen molar-refractivity contribution < 1.29 is 9.59 Å². The lowest BCUT2D eigenvalue weighted by Crippen LogP contribution is -2.13. The summed E-state index contributed by atoms with van der Waals surface area (Å²) in [4.78, 5) is 25.0. The third-order valence-electron chi connectivity index (χ3n) is 3.60. The highest BCUT2D eigenvalue weighted by Gasteiger charge is 2.20. The minimum Gasteiger partial charge on any atom is -0.289 e. The summed E-state index contributed by atoms with van der Waals surface area (Å²) in [5.41, 5.74) is 3.36. The van der Waals surface area contributed by atoms with Gasteiger partial charge in [-0.25, -0.2) is 0 Å². The summed E-state index contributed by atoms with van der Waals surface area (Å²) in [5, 5.41) is 0. The van der Waals surface area contributed by atoms with Gasteiger partial charge in [0.25, 0.3) is 0 Å². The SMILES string of the molecule is C=CC(=O)c1cccc(CC)c1C(=O)c1ccccc1C. The third-order valence-corrected chi connectivity index (χ3v) is 3.60. The lowest BCUT2D eigenvalue weighted by atomic mass is 9.89. The number of carbonyl (C=O) groups excluding carboxylic acids is 2. The monoisotopic (exact) mass is 278 g/mol. The van der Waals surface area contributed by atoms with Crippen molar-refractivity contribution >= 4 is 11.6 Å². The van der Waals surface area contributed by atoms with Crippen molar-refractivity contribution in [2.24, 2.45) is 0 Å². The Morgan fingerprint density at radius 1 is 1.05 bits per heavy atom. The van der Waals surface area contributed by atoms with Gasteiger partial charge in [0.05, 0.1) is 0 Å². The van der Waals surface area contributed by atoms with E-state index in [2.05, 4.69) is 6.58 Å². The molecule has 0 saturated heterocycles. The van der Waals surface area contributed by atoms with E-state index in [1.54, 1.807) is 12.1 Å². The van der Waals surface area contributed by atoms with E-state index < -0.39 is 0 Å². The molecule has 0 radical (unpaired) electrons.